The Morgan fingerprint density at radius 3 is 1.74 bits per heavy atom. The molecule has 0 fully saturated rings. The van der Waals surface area contributed by atoms with Gasteiger partial charge in [0.1, 0.15) is 0 Å². The normalized spacial score (nSPS) is 12.7. The van der Waals surface area contributed by atoms with E-state index in [2.05, 4.69) is 187 Å². The van der Waals surface area contributed by atoms with Gasteiger partial charge in [-0.05, 0) is 108 Å². The number of nitrogens with one attached hydrogen (secondary N) is 1. The summed E-state index contributed by atoms with van der Waals surface area (Å²) in [6.45, 7) is 0. The van der Waals surface area contributed by atoms with E-state index in [1.54, 1.807) is 0 Å². The van der Waals surface area contributed by atoms with Crippen molar-refractivity contribution in [1.29, 1.82) is 0 Å². The Hall–Kier alpha value is -6.70. The molecule has 0 atom stereocenters. The first-order valence-corrected chi connectivity index (χ1v) is 18.7. The standard InChI is InChI=1S/C52H35N/c1-2-13-33(14-3-1)34-25-27-35(28-26-34)49-42-20-7-9-22-44(42)50(45-23-10-8-21-43(45)49)38-16-12-15-36(31-38)37-29-30-47-48(32-37)53-52-46-24-11-5-18-40(46)39-17-4-6-19-41(39)51(47)52/h1-7,9-20,22-32,53H,8,21H2. The number of fused-ring (bicyclic) bond motifs is 10. The molecule has 248 valence electrons. The van der Waals surface area contributed by atoms with Crippen LogP contribution in [0, 0.1) is 0 Å². The van der Waals surface area contributed by atoms with Crippen molar-refractivity contribution in [3.63, 3.8) is 0 Å². The summed E-state index contributed by atoms with van der Waals surface area (Å²) in [5, 5.41) is 10.3. The molecule has 1 heteroatoms. The quantitative estimate of drug-likeness (QED) is 0.179. The van der Waals surface area contributed by atoms with E-state index in [1.807, 2.05) is 0 Å². The van der Waals surface area contributed by atoms with E-state index in [0.717, 1.165) is 18.4 Å². The molecular weight excluding hydrogens is 639 g/mol. The summed E-state index contributed by atoms with van der Waals surface area (Å²) in [5.74, 6) is 0. The van der Waals surface area contributed by atoms with Crippen molar-refractivity contribution in [1.82, 2.24) is 4.98 Å². The van der Waals surface area contributed by atoms with Crippen molar-refractivity contribution >= 4 is 60.2 Å². The van der Waals surface area contributed by atoms with Crippen molar-refractivity contribution < 1.29 is 0 Å². The molecule has 10 aromatic rings. The SMILES string of the molecule is C1=Cc2c(c(-c3ccc(-c4ccccc4)cc3)c3ccccc3c2-c2cccc(-c3ccc4c(c3)[nH]c3c5ccccc5c5ccccc5c43)c2)CC1. The van der Waals surface area contributed by atoms with Crippen LogP contribution in [0.5, 0.6) is 0 Å². The van der Waals surface area contributed by atoms with E-state index >= 15 is 0 Å². The average Bonchev–Trinajstić information content (AvgIpc) is 3.63. The Balaban J connectivity index is 1.07. The van der Waals surface area contributed by atoms with E-state index in [9.17, 15) is 0 Å². The lowest BCUT2D eigenvalue weighted by molar-refractivity contribution is 0.991. The molecule has 1 N–H and O–H groups in total. The highest BCUT2D eigenvalue weighted by atomic mass is 14.7. The van der Waals surface area contributed by atoms with Crippen molar-refractivity contribution in [2.24, 2.45) is 0 Å². The third-order valence-electron chi connectivity index (χ3n) is 11.5. The minimum atomic E-state index is 1.03. The molecule has 1 heterocycles. The van der Waals surface area contributed by atoms with Gasteiger partial charge in [-0.1, -0.05) is 170 Å². The van der Waals surface area contributed by atoms with Gasteiger partial charge in [0, 0.05) is 21.7 Å². The van der Waals surface area contributed by atoms with Gasteiger partial charge in [0.25, 0.3) is 0 Å². The van der Waals surface area contributed by atoms with Crippen LogP contribution >= 0.6 is 0 Å². The maximum Gasteiger partial charge on any atom is 0.0551 e. The molecule has 11 rings (SSSR count). The summed E-state index contributed by atoms with van der Waals surface area (Å²) in [4.78, 5) is 3.86. The van der Waals surface area contributed by atoms with Crippen molar-refractivity contribution in [2.45, 2.75) is 12.8 Å². The second-order valence-electron chi connectivity index (χ2n) is 14.4. The van der Waals surface area contributed by atoms with Gasteiger partial charge < -0.3 is 4.98 Å². The van der Waals surface area contributed by atoms with Gasteiger partial charge in [-0.3, -0.25) is 0 Å². The Morgan fingerprint density at radius 1 is 0.377 bits per heavy atom. The minimum Gasteiger partial charge on any atom is -0.354 e. The van der Waals surface area contributed by atoms with Gasteiger partial charge in [0.05, 0.1) is 5.52 Å². The smallest absolute Gasteiger partial charge is 0.0551 e. The summed E-state index contributed by atoms with van der Waals surface area (Å²) >= 11 is 0. The number of aromatic nitrogens is 1. The lowest BCUT2D eigenvalue weighted by atomic mass is 9.80. The summed E-state index contributed by atoms with van der Waals surface area (Å²) in [7, 11) is 0. The van der Waals surface area contributed by atoms with Crippen LogP contribution in [0.4, 0.5) is 0 Å². The topological polar surface area (TPSA) is 15.8 Å². The number of H-pyrrole nitrogens is 1. The van der Waals surface area contributed by atoms with Gasteiger partial charge in [0.15, 0.2) is 0 Å². The first-order chi connectivity index (χ1) is 26.3. The highest BCUT2D eigenvalue weighted by Crippen LogP contribution is 2.46. The summed E-state index contributed by atoms with van der Waals surface area (Å²) in [5.41, 5.74) is 15.3. The summed E-state index contributed by atoms with van der Waals surface area (Å²) in [6.07, 6.45) is 6.80. The molecule has 0 bridgehead atoms. The van der Waals surface area contributed by atoms with E-state index in [-0.39, 0.29) is 0 Å². The lowest BCUT2D eigenvalue weighted by Crippen LogP contribution is -2.02. The fourth-order valence-corrected chi connectivity index (χ4v) is 9.07. The van der Waals surface area contributed by atoms with Crippen molar-refractivity contribution in [2.75, 3.05) is 0 Å². The molecular formula is C52H35N. The molecule has 53 heavy (non-hydrogen) atoms. The average molecular weight is 674 g/mol. The molecule has 0 amide bonds. The second kappa shape index (κ2) is 11.9. The van der Waals surface area contributed by atoms with Crippen LogP contribution in [-0.4, -0.2) is 4.98 Å². The van der Waals surface area contributed by atoms with Crippen LogP contribution < -0.4 is 0 Å². The van der Waals surface area contributed by atoms with E-state index in [1.165, 1.54) is 104 Å². The highest BCUT2D eigenvalue weighted by molar-refractivity contribution is 6.31. The van der Waals surface area contributed by atoms with Crippen LogP contribution in [0.2, 0.25) is 0 Å². The van der Waals surface area contributed by atoms with E-state index in [0.29, 0.717) is 0 Å². The van der Waals surface area contributed by atoms with E-state index < -0.39 is 0 Å². The maximum atomic E-state index is 3.86. The molecule has 0 aliphatic heterocycles. The van der Waals surface area contributed by atoms with Crippen LogP contribution in [0.15, 0.2) is 176 Å². The second-order valence-corrected chi connectivity index (χ2v) is 14.4. The van der Waals surface area contributed by atoms with Gasteiger partial charge in [-0.15, -0.1) is 0 Å². The Kier molecular flexibility index (Phi) is 6.75. The molecule has 0 radical (unpaired) electrons. The molecule has 1 aliphatic rings. The third-order valence-corrected chi connectivity index (χ3v) is 11.5. The molecule has 1 aromatic heterocycles. The summed E-state index contributed by atoms with van der Waals surface area (Å²) in [6, 6.07) is 62.6. The van der Waals surface area contributed by atoms with E-state index in [4.69, 9.17) is 0 Å². The van der Waals surface area contributed by atoms with Crippen LogP contribution in [0.3, 0.4) is 0 Å². The fourth-order valence-electron chi connectivity index (χ4n) is 9.07. The molecule has 0 spiro atoms. The zero-order valence-corrected chi connectivity index (χ0v) is 29.2. The zero-order valence-electron chi connectivity index (χ0n) is 29.2. The van der Waals surface area contributed by atoms with Crippen molar-refractivity contribution in [3.8, 4) is 44.5 Å². The predicted molar refractivity (Wildman–Crippen MR) is 227 cm³/mol. The monoisotopic (exact) mass is 673 g/mol. The van der Waals surface area contributed by atoms with Crippen LogP contribution in [0.1, 0.15) is 17.5 Å². The number of benzene rings is 9. The summed E-state index contributed by atoms with van der Waals surface area (Å²) < 4.78 is 0. The first kappa shape index (κ1) is 30.0. The molecule has 0 saturated carbocycles. The minimum absolute atomic E-state index is 1.03. The number of hydrogen-bond acceptors (Lipinski definition) is 0. The Labute approximate surface area is 308 Å². The lowest BCUT2D eigenvalue weighted by Gasteiger charge is -2.24. The number of hydrogen-bond donors (Lipinski definition) is 1. The molecule has 1 aliphatic carbocycles. The van der Waals surface area contributed by atoms with Gasteiger partial charge in [-0.25, -0.2) is 0 Å². The highest BCUT2D eigenvalue weighted by Gasteiger charge is 2.22. The van der Waals surface area contributed by atoms with Gasteiger partial charge in [0.2, 0.25) is 0 Å². The number of aromatic amines is 1. The van der Waals surface area contributed by atoms with Crippen molar-refractivity contribution in [3.05, 3.63) is 187 Å². The first-order valence-electron chi connectivity index (χ1n) is 18.7. The maximum absolute atomic E-state index is 3.86. The predicted octanol–water partition coefficient (Wildman–Crippen LogP) is 14.4. The van der Waals surface area contributed by atoms with Gasteiger partial charge in [-0.2, -0.15) is 0 Å². The number of allylic oxidation sites excluding steroid dienone is 1. The Bertz CT molecular complexity index is 3090. The number of rotatable bonds is 4. The zero-order chi connectivity index (χ0) is 34.9. The third kappa shape index (κ3) is 4.71. The Morgan fingerprint density at radius 2 is 0.943 bits per heavy atom. The largest absolute Gasteiger partial charge is 0.354 e. The molecule has 0 unspecified atom stereocenters. The molecule has 0 saturated heterocycles. The molecule has 9 aromatic carbocycles. The van der Waals surface area contributed by atoms with Crippen LogP contribution in [-0.2, 0) is 6.42 Å². The van der Waals surface area contributed by atoms with Crippen LogP contribution in [0.25, 0.3) is 105 Å². The fraction of sp³-hybridized carbons (Fsp3) is 0.0385. The molecule has 1 nitrogen and oxygen atoms in total. The van der Waals surface area contributed by atoms with Gasteiger partial charge >= 0.3 is 0 Å².